The molecule has 0 aliphatic carbocycles. The van der Waals surface area contributed by atoms with Crippen LogP contribution in [-0.2, 0) is 0 Å². The second-order valence-corrected chi connectivity index (χ2v) is 6.30. The minimum absolute atomic E-state index is 0.136. The molecule has 0 spiro atoms. The maximum atomic E-state index is 12.3. The van der Waals surface area contributed by atoms with Gasteiger partial charge in [0, 0.05) is 11.5 Å². The summed E-state index contributed by atoms with van der Waals surface area (Å²) in [5.74, 6) is 1.85. The molecule has 1 heteroatoms. The number of carbonyl (C=O) groups excluding carboxylic acids is 1. The van der Waals surface area contributed by atoms with E-state index in [4.69, 9.17) is 0 Å². The van der Waals surface area contributed by atoms with Crippen LogP contribution in [0, 0.1) is 17.8 Å². The van der Waals surface area contributed by atoms with Crippen molar-refractivity contribution >= 4 is 5.78 Å². The summed E-state index contributed by atoms with van der Waals surface area (Å²) in [4.78, 5) is 12.3. The number of rotatable bonds is 8. The summed E-state index contributed by atoms with van der Waals surface area (Å²) < 4.78 is 0. The van der Waals surface area contributed by atoms with Crippen LogP contribution >= 0.6 is 0 Å². The van der Waals surface area contributed by atoms with Crippen LogP contribution in [0.25, 0.3) is 0 Å². The molecule has 0 aliphatic heterocycles. The maximum Gasteiger partial charge on any atom is 0.165 e. The maximum absolute atomic E-state index is 12.3. The van der Waals surface area contributed by atoms with Crippen molar-refractivity contribution in [3.05, 3.63) is 35.9 Å². The average Bonchev–Trinajstić information content (AvgIpc) is 2.38. The number of Topliss-reactive ketones (excluding diaryl/α,β-unsaturated/α-hetero) is 1. The van der Waals surface area contributed by atoms with Gasteiger partial charge in [-0.1, -0.05) is 77.3 Å². The Morgan fingerprint density at radius 3 is 2.21 bits per heavy atom. The first kappa shape index (κ1) is 15.9. The van der Waals surface area contributed by atoms with E-state index in [0.29, 0.717) is 5.92 Å². The molecule has 1 aromatic rings. The largest absolute Gasteiger partial charge is 0.294 e. The van der Waals surface area contributed by atoms with Crippen molar-refractivity contribution in [2.45, 2.75) is 53.4 Å². The van der Waals surface area contributed by atoms with Gasteiger partial charge in [0.1, 0.15) is 0 Å². The van der Waals surface area contributed by atoms with Crippen LogP contribution in [0.1, 0.15) is 63.7 Å². The Hall–Kier alpha value is -1.11. The van der Waals surface area contributed by atoms with Crippen LogP contribution in [-0.4, -0.2) is 5.78 Å². The number of carbonyl (C=O) groups is 1. The average molecular weight is 260 g/mol. The lowest BCUT2D eigenvalue weighted by molar-refractivity contribution is 0.0912. The van der Waals surface area contributed by atoms with E-state index in [-0.39, 0.29) is 11.7 Å². The number of ketones is 1. The Kier molecular flexibility index (Phi) is 6.83. The van der Waals surface area contributed by atoms with Gasteiger partial charge in [0.2, 0.25) is 0 Å². The van der Waals surface area contributed by atoms with Gasteiger partial charge in [0.15, 0.2) is 5.78 Å². The van der Waals surface area contributed by atoms with Gasteiger partial charge in [-0.25, -0.2) is 0 Å². The lowest BCUT2D eigenvalue weighted by Gasteiger charge is -2.17. The summed E-state index contributed by atoms with van der Waals surface area (Å²) in [6, 6.07) is 9.67. The first-order valence-corrected chi connectivity index (χ1v) is 7.60. The fourth-order valence-electron chi connectivity index (χ4n) is 2.59. The fraction of sp³-hybridized carbons (Fsp3) is 0.611. The van der Waals surface area contributed by atoms with Crippen LogP contribution in [0.3, 0.4) is 0 Å². The predicted molar refractivity (Wildman–Crippen MR) is 82.4 cm³/mol. The van der Waals surface area contributed by atoms with Crippen LogP contribution in [0.5, 0.6) is 0 Å². The fourth-order valence-corrected chi connectivity index (χ4v) is 2.59. The second-order valence-electron chi connectivity index (χ2n) is 6.30. The monoisotopic (exact) mass is 260 g/mol. The lowest BCUT2D eigenvalue weighted by Crippen LogP contribution is -2.14. The van der Waals surface area contributed by atoms with Crippen molar-refractivity contribution in [3.63, 3.8) is 0 Å². The summed E-state index contributed by atoms with van der Waals surface area (Å²) in [5.41, 5.74) is 0.851. The van der Waals surface area contributed by atoms with Crippen molar-refractivity contribution < 1.29 is 4.79 Å². The lowest BCUT2D eigenvalue weighted by atomic mass is 9.87. The zero-order valence-electron chi connectivity index (χ0n) is 12.9. The molecule has 106 valence electrons. The first-order valence-electron chi connectivity index (χ1n) is 7.60. The second kappa shape index (κ2) is 8.14. The number of hydrogen-bond donors (Lipinski definition) is 0. The van der Waals surface area contributed by atoms with Gasteiger partial charge in [-0.15, -0.1) is 0 Å². The van der Waals surface area contributed by atoms with E-state index < -0.39 is 0 Å². The molecule has 0 aromatic heterocycles. The highest BCUT2D eigenvalue weighted by atomic mass is 16.1. The van der Waals surface area contributed by atoms with Gasteiger partial charge < -0.3 is 0 Å². The molecule has 2 atom stereocenters. The van der Waals surface area contributed by atoms with Crippen molar-refractivity contribution in [3.8, 4) is 0 Å². The molecular formula is C18H28O. The van der Waals surface area contributed by atoms with Crippen molar-refractivity contribution in [1.29, 1.82) is 0 Å². The zero-order valence-corrected chi connectivity index (χ0v) is 12.9. The van der Waals surface area contributed by atoms with Gasteiger partial charge >= 0.3 is 0 Å². The molecule has 0 bridgehead atoms. The number of hydrogen-bond acceptors (Lipinski definition) is 1. The van der Waals surface area contributed by atoms with E-state index in [1.165, 1.54) is 19.3 Å². The van der Waals surface area contributed by atoms with Crippen LogP contribution < -0.4 is 0 Å². The van der Waals surface area contributed by atoms with E-state index in [2.05, 4.69) is 27.7 Å². The molecule has 0 fully saturated rings. The Bertz CT molecular complexity index is 367. The summed E-state index contributed by atoms with van der Waals surface area (Å²) in [6.07, 6.45) is 4.83. The third-order valence-electron chi connectivity index (χ3n) is 3.74. The molecule has 0 saturated heterocycles. The molecular weight excluding hydrogens is 232 g/mol. The van der Waals surface area contributed by atoms with Crippen molar-refractivity contribution in [2.24, 2.45) is 17.8 Å². The summed E-state index contributed by atoms with van der Waals surface area (Å²) in [7, 11) is 0. The Labute approximate surface area is 118 Å². The van der Waals surface area contributed by atoms with E-state index in [0.717, 1.165) is 17.9 Å². The third-order valence-corrected chi connectivity index (χ3v) is 3.74. The molecule has 0 amide bonds. The van der Waals surface area contributed by atoms with Gasteiger partial charge in [-0.05, 0) is 18.3 Å². The number of benzene rings is 1. The summed E-state index contributed by atoms with van der Waals surface area (Å²) in [5, 5.41) is 0. The van der Waals surface area contributed by atoms with Crippen LogP contribution in [0.2, 0.25) is 0 Å². The predicted octanol–water partition coefficient (Wildman–Crippen LogP) is 5.36. The minimum Gasteiger partial charge on any atom is -0.294 e. The van der Waals surface area contributed by atoms with E-state index in [1.807, 2.05) is 30.3 Å². The van der Waals surface area contributed by atoms with Gasteiger partial charge in [0.25, 0.3) is 0 Å². The first-order chi connectivity index (χ1) is 9.00. The van der Waals surface area contributed by atoms with Crippen molar-refractivity contribution in [2.75, 3.05) is 0 Å². The highest BCUT2D eigenvalue weighted by molar-refractivity contribution is 5.97. The normalized spacial score (nSPS) is 14.4. The van der Waals surface area contributed by atoms with Crippen molar-refractivity contribution in [1.82, 2.24) is 0 Å². The van der Waals surface area contributed by atoms with Crippen LogP contribution in [0.15, 0.2) is 30.3 Å². The molecule has 19 heavy (non-hydrogen) atoms. The molecule has 0 saturated carbocycles. The van der Waals surface area contributed by atoms with E-state index in [9.17, 15) is 4.79 Å². The van der Waals surface area contributed by atoms with E-state index in [1.54, 1.807) is 0 Å². The van der Waals surface area contributed by atoms with E-state index >= 15 is 0 Å². The third kappa shape index (κ3) is 6.04. The molecule has 0 heterocycles. The molecule has 0 N–H and O–H groups in total. The SMILES string of the molecule is CC(C)CCCC(C)CC(C)C(=O)c1ccccc1. The molecule has 2 unspecified atom stereocenters. The Balaban J connectivity index is 2.37. The quantitative estimate of drug-likeness (QED) is 0.575. The molecule has 1 nitrogen and oxygen atoms in total. The Morgan fingerprint density at radius 2 is 1.63 bits per heavy atom. The topological polar surface area (TPSA) is 17.1 Å². The standard InChI is InChI=1S/C18H28O/c1-14(2)9-8-10-15(3)13-16(4)18(19)17-11-6-5-7-12-17/h5-7,11-12,14-16H,8-10,13H2,1-4H3. The molecule has 1 aromatic carbocycles. The highest BCUT2D eigenvalue weighted by Crippen LogP contribution is 2.22. The Morgan fingerprint density at radius 1 is 1.00 bits per heavy atom. The van der Waals surface area contributed by atoms with Gasteiger partial charge in [-0.3, -0.25) is 4.79 Å². The van der Waals surface area contributed by atoms with Crippen LogP contribution in [0.4, 0.5) is 0 Å². The smallest absolute Gasteiger partial charge is 0.165 e. The molecule has 0 radical (unpaired) electrons. The van der Waals surface area contributed by atoms with Gasteiger partial charge in [0.05, 0.1) is 0 Å². The zero-order chi connectivity index (χ0) is 14.3. The highest BCUT2D eigenvalue weighted by Gasteiger charge is 2.17. The minimum atomic E-state index is 0.136. The summed E-state index contributed by atoms with van der Waals surface area (Å²) >= 11 is 0. The van der Waals surface area contributed by atoms with Gasteiger partial charge in [-0.2, -0.15) is 0 Å². The summed E-state index contributed by atoms with van der Waals surface area (Å²) in [6.45, 7) is 8.88. The molecule has 1 rings (SSSR count). The molecule has 0 aliphatic rings.